The minimum Gasteiger partial charge on any atom is -0.496 e. The molecule has 4 unspecified atom stereocenters. The van der Waals surface area contributed by atoms with Crippen LogP contribution in [0.4, 0.5) is 0 Å². The smallest absolute Gasteiger partial charge is 0.268 e. The van der Waals surface area contributed by atoms with E-state index in [1.807, 2.05) is 44.2 Å². The van der Waals surface area contributed by atoms with Crippen LogP contribution in [0.2, 0.25) is 0 Å². The monoisotopic (exact) mass is 586 g/mol. The molecule has 1 fully saturated rings. The zero-order chi connectivity index (χ0) is 30.3. The number of benzene rings is 2. The maximum Gasteiger partial charge on any atom is 0.268 e. The van der Waals surface area contributed by atoms with E-state index in [1.165, 1.54) is 11.1 Å². The number of ether oxygens (including phenoxy) is 2. The van der Waals surface area contributed by atoms with Crippen LogP contribution in [0.15, 0.2) is 48.5 Å². The van der Waals surface area contributed by atoms with Crippen molar-refractivity contribution in [3.8, 4) is 11.8 Å². The summed E-state index contributed by atoms with van der Waals surface area (Å²) < 4.78 is 11.2. The summed E-state index contributed by atoms with van der Waals surface area (Å²) in [5.74, 6) is 0.339. The van der Waals surface area contributed by atoms with Gasteiger partial charge >= 0.3 is 0 Å². The number of nitriles is 1. The molecule has 0 bridgehead atoms. The van der Waals surface area contributed by atoms with Crippen molar-refractivity contribution in [2.45, 2.75) is 64.3 Å². The van der Waals surface area contributed by atoms with Gasteiger partial charge in [0, 0.05) is 24.0 Å². The van der Waals surface area contributed by atoms with E-state index in [1.54, 1.807) is 13.2 Å². The van der Waals surface area contributed by atoms with Gasteiger partial charge in [-0.2, -0.15) is 5.26 Å². The molecule has 1 aromatic heterocycles. The van der Waals surface area contributed by atoms with Crippen LogP contribution in [0.5, 0.6) is 5.75 Å². The normalized spacial score (nSPS) is 19.2. The van der Waals surface area contributed by atoms with Gasteiger partial charge in [0.2, 0.25) is 5.91 Å². The molecular weight excluding hydrogens is 544 g/mol. The van der Waals surface area contributed by atoms with Crippen molar-refractivity contribution >= 4 is 22.7 Å². The van der Waals surface area contributed by atoms with Gasteiger partial charge in [-0.3, -0.25) is 19.8 Å². The van der Waals surface area contributed by atoms with Crippen molar-refractivity contribution < 1.29 is 19.1 Å². The molecule has 10 nitrogen and oxygen atoms in total. The number of methoxy groups -OCH3 is 1. The predicted molar refractivity (Wildman–Crippen MR) is 164 cm³/mol. The zero-order valence-electron chi connectivity index (χ0n) is 25.2. The quantitative estimate of drug-likeness (QED) is 0.270. The number of aromatic amines is 1. The molecule has 5 rings (SSSR count). The topological polar surface area (TPSA) is 132 Å². The minimum atomic E-state index is -0.773. The summed E-state index contributed by atoms with van der Waals surface area (Å²) in [7, 11) is 1.59. The highest BCUT2D eigenvalue weighted by Gasteiger charge is 2.36. The first kappa shape index (κ1) is 30.5. The zero-order valence-corrected chi connectivity index (χ0v) is 25.2. The molecule has 43 heavy (non-hydrogen) atoms. The molecule has 0 aliphatic carbocycles. The third kappa shape index (κ3) is 7.36. The molecule has 2 amide bonds. The SMILES string of the molecule is COc1cccc2[nH]c(C(=O)NC(CC(C)C)C(=O)NC(CC3CCNCOC3)C(C#N)N3Cc4ccccc4C3)cc12. The number of amides is 2. The summed E-state index contributed by atoms with van der Waals surface area (Å²) in [6, 6.07) is 16.3. The maximum atomic E-state index is 14.0. The summed E-state index contributed by atoms with van der Waals surface area (Å²) in [4.78, 5) is 32.7. The molecule has 2 aromatic carbocycles. The summed E-state index contributed by atoms with van der Waals surface area (Å²) in [6.45, 7) is 7.23. The Morgan fingerprint density at radius 1 is 1.14 bits per heavy atom. The van der Waals surface area contributed by atoms with Crippen molar-refractivity contribution in [1.82, 2.24) is 25.8 Å². The number of aromatic nitrogens is 1. The summed E-state index contributed by atoms with van der Waals surface area (Å²) in [5.41, 5.74) is 3.54. The number of carbonyl (C=O) groups excluding carboxylic acids is 2. The Hall–Kier alpha value is -3.91. The molecule has 10 heteroatoms. The largest absolute Gasteiger partial charge is 0.496 e. The lowest BCUT2D eigenvalue weighted by Gasteiger charge is -2.33. The van der Waals surface area contributed by atoms with E-state index >= 15 is 0 Å². The van der Waals surface area contributed by atoms with Crippen molar-refractivity contribution in [1.29, 1.82) is 5.26 Å². The fourth-order valence-corrected chi connectivity index (χ4v) is 6.20. The van der Waals surface area contributed by atoms with Crippen molar-refractivity contribution in [2.24, 2.45) is 11.8 Å². The number of nitrogens with zero attached hydrogens (tertiary/aromatic N) is 2. The van der Waals surface area contributed by atoms with Crippen molar-refractivity contribution in [3.63, 3.8) is 0 Å². The average Bonchev–Trinajstić information content (AvgIpc) is 3.54. The molecule has 1 saturated heterocycles. The van der Waals surface area contributed by atoms with Crippen LogP contribution in [0.25, 0.3) is 10.9 Å². The Labute approximate surface area is 253 Å². The van der Waals surface area contributed by atoms with Gasteiger partial charge in [0.05, 0.1) is 32.6 Å². The lowest BCUT2D eigenvalue weighted by atomic mass is 9.92. The third-order valence-corrected chi connectivity index (χ3v) is 8.39. The summed E-state index contributed by atoms with van der Waals surface area (Å²) in [5, 5.41) is 20.7. The molecule has 0 radical (unpaired) electrons. The molecule has 228 valence electrons. The first-order valence-corrected chi connectivity index (χ1v) is 15.1. The van der Waals surface area contributed by atoms with Crippen LogP contribution in [0, 0.1) is 23.2 Å². The van der Waals surface area contributed by atoms with E-state index in [0.29, 0.717) is 50.7 Å². The molecule has 3 aromatic rings. The van der Waals surface area contributed by atoms with E-state index in [4.69, 9.17) is 9.47 Å². The Morgan fingerprint density at radius 2 is 1.91 bits per heavy atom. The van der Waals surface area contributed by atoms with E-state index in [0.717, 1.165) is 23.9 Å². The van der Waals surface area contributed by atoms with Crippen molar-refractivity contribution in [3.05, 3.63) is 65.4 Å². The van der Waals surface area contributed by atoms with Gasteiger partial charge < -0.3 is 25.1 Å². The Balaban J connectivity index is 1.36. The summed E-state index contributed by atoms with van der Waals surface area (Å²) in [6.07, 6.45) is 1.94. The Kier molecular flexibility index (Phi) is 9.97. The number of carbonyl (C=O) groups is 2. The van der Waals surface area contributed by atoms with Gasteiger partial charge in [-0.25, -0.2) is 0 Å². The third-order valence-electron chi connectivity index (χ3n) is 8.39. The average molecular weight is 587 g/mol. The second kappa shape index (κ2) is 14.0. The number of hydrogen-bond acceptors (Lipinski definition) is 7. The lowest BCUT2D eigenvalue weighted by molar-refractivity contribution is -0.124. The first-order chi connectivity index (χ1) is 20.9. The number of rotatable bonds is 11. The molecule has 4 atom stereocenters. The predicted octanol–water partition coefficient (Wildman–Crippen LogP) is 3.69. The Morgan fingerprint density at radius 3 is 2.60 bits per heavy atom. The van der Waals surface area contributed by atoms with Gasteiger partial charge in [-0.1, -0.05) is 44.2 Å². The van der Waals surface area contributed by atoms with Crippen LogP contribution >= 0.6 is 0 Å². The van der Waals surface area contributed by atoms with Crippen LogP contribution in [0.3, 0.4) is 0 Å². The second-order valence-electron chi connectivity index (χ2n) is 12.0. The van der Waals surface area contributed by atoms with E-state index in [2.05, 4.69) is 44.0 Å². The van der Waals surface area contributed by atoms with Crippen molar-refractivity contribution in [2.75, 3.05) is 27.0 Å². The second-order valence-corrected chi connectivity index (χ2v) is 12.0. The van der Waals surface area contributed by atoms with Gasteiger partial charge in [0.25, 0.3) is 5.91 Å². The van der Waals surface area contributed by atoms with Crippen LogP contribution < -0.4 is 20.7 Å². The number of hydrogen-bond donors (Lipinski definition) is 4. The standard InChI is InChI=1S/C33H42N6O4/c1-21(2)13-28(38-33(41)29-15-25-26(36-29)9-6-10-31(25)42-3)32(40)37-27(14-22-11-12-35-20-43-19-22)30(16-34)39-17-23-7-4-5-8-24(23)18-39/h4-10,15,21-22,27-28,30,35-36H,11-14,17-20H2,1-3H3,(H,37,40)(H,38,41). The molecule has 0 spiro atoms. The van der Waals surface area contributed by atoms with Crippen LogP contribution in [0.1, 0.15) is 54.7 Å². The Bertz CT molecular complexity index is 1430. The minimum absolute atomic E-state index is 0.151. The fourth-order valence-electron chi connectivity index (χ4n) is 6.20. The fraction of sp³-hybridized carbons (Fsp3) is 0.485. The molecule has 2 aliphatic rings. The molecule has 4 N–H and O–H groups in total. The molecule has 3 heterocycles. The van der Waals surface area contributed by atoms with Gasteiger partial charge in [-0.05, 0) is 67.0 Å². The highest BCUT2D eigenvalue weighted by Crippen LogP contribution is 2.28. The van der Waals surface area contributed by atoms with Crippen LogP contribution in [-0.2, 0) is 22.6 Å². The maximum absolute atomic E-state index is 14.0. The summed E-state index contributed by atoms with van der Waals surface area (Å²) >= 11 is 0. The van der Waals surface area contributed by atoms with Crippen LogP contribution in [-0.4, -0.2) is 66.8 Å². The number of fused-ring (bicyclic) bond motifs is 2. The van der Waals surface area contributed by atoms with E-state index < -0.39 is 18.1 Å². The first-order valence-electron chi connectivity index (χ1n) is 15.1. The highest BCUT2D eigenvalue weighted by molar-refractivity contribution is 6.01. The number of nitrogens with one attached hydrogen (secondary N) is 4. The van der Waals surface area contributed by atoms with E-state index in [-0.39, 0.29) is 23.7 Å². The molecular formula is C33H42N6O4. The van der Waals surface area contributed by atoms with Gasteiger partial charge in [-0.15, -0.1) is 0 Å². The van der Waals surface area contributed by atoms with E-state index in [9.17, 15) is 14.9 Å². The highest BCUT2D eigenvalue weighted by atomic mass is 16.5. The molecule has 2 aliphatic heterocycles. The molecule has 0 saturated carbocycles. The van der Waals surface area contributed by atoms with Gasteiger partial charge in [0.1, 0.15) is 23.5 Å². The number of H-pyrrole nitrogens is 1. The lowest BCUT2D eigenvalue weighted by Crippen LogP contribution is -2.56. The van der Waals surface area contributed by atoms with Gasteiger partial charge in [0.15, 0.2) is 0 Å².